The van der Waals surface area contributed by atoms with Crippen LogP contribution in [0.4, 0.5) is 11.4 Å². The molecular weight excluding hydrogens is 140 g/mol. The summed E-state index contributed by atoms with van der Waals surface area (Å²) >= 11 is 0. The predicted molar refractivity (Wildman–Crippen MR) is 46.4 cm³/mol. The summed E-state index contributed by atoms with van der Waals surface area (Å²) in [5.41, 5.74) is 13.8. The van der Waals surface area contributed by atoms with E-state index in [4.69, 9.17) is 11.5 Å². The molecule has 0 atom stereocenters. The number of anilines is 2. The Labute approximate surface area is 65.6 Å². The summed E-state index contributed by atoms with van der Waals surface area (Å²) in [5, 5.41) is 9.22. The molecule has 0 aliphatic carbocycles. The monoisotopic (exact) mass is 152 g/mol. The fraction of sp³-hybridized carbons (Fsp3) is 0.250. The number of hydrogen-bond donors (Lipinski definition) is 3. The van der Waals surface area contributed by atoms with Crippen molar-refractivity contribution in [1.82, 2.24) is 0 Å². The van der Waals surface area contributed by atoms with Crippen molar-refractivity contribution >= 4 is 11.4 Å². The van der Waals surface area contributed by atoms with Crippen LogP contribution >= 0.6 is 0 Å². The number of rotatable bonds is 0. The number of phenols is 1. The molecule has 1 aromatic rings. The highest BCUT2D eigenvalue weighted by Crippen LogP contribution is 2.30. The van der Waals surface area contributed by atoms with E-state index >= 15 is 0 Å². The van der Waals surface area contributed by atoms with Crippen LogP contribution < -0.4 is 11.5 Å². The van der Waals surface area contributed by atoms with Crippen molar-refractivity contribution in [3.63, 3.8) is 0 Å². The Morgan fingerprint density at radius 1 is 1.18 bits per heavy atom. The Kier molecular flexibility index (Phi) is 1.64. The third-order valence-corrected chi connectivity index (χ3v) is 1.86. The van der Waals surface area contributed by atoms with Gasteiger partial charge in [-0.15, -0.1) is 0 Å². The predicted octanol–water partition coefficient (Wildman–Crippen LogP) is 1.17. The number of phenolic OH excluding ortho intramolecular Hbond substituents is 1. The molecule has 0 radical (unpaired) electrons. The Morgan fingerprint density at radius 3 is 2.27 bits per heavy atom. The van der Waals surface area contributed by atoms with Gasteiger partial charge >= 0.3 is 0 Å². The molecule has 0 spiro atoms. The number of nitrogens with two attached hydrogens (primary N) is 2. The van der Waals surface area contributed by atoms with Gasteiger partial charge in [0.15, 0.2) is 0 Å². The molecule has 0 fully saturated rings. The minimum absolute atomic E-state index is 0.106. The molecule has 5 N–H and O–H groups in total. The molecule has 60 valence electrons. The van der Waals surface area contributed by atoms with Gasteiger partial charge in [0.1, 0.15) is 5.75 Å². The van der Waals surface area contributed by atoms with E-state index in [1.807, 2.05) is 6.92 Å². The fourth-order valence-corrected chi connectivity index (χ4v) is 0.994. The largest absolute Gasteiger partial charge is 0.506 e. The zero-order chi connectivity index (χ0) is 8.59. The summed E-state index contributed by atoms with van der Waals surface area (Å²) in [4.78, 5) is 0. The van der Waals surface area contributed by atoms with Crippen molar-refractivity contribution in [3.05, 3.63) is 17.2 Å². The average Bonchev–Trinajstić information content (AvgIpc) is 1.97. The highest BCUT2D eigenvalue weighted by Gasteiger charge is 2.06. The van der Waals surface area contributed by atoms with Crippen LogP contribution in [0.2, 0.25) is 0 Å². The smallest absolute Gasteiger partial charge is 0.139 e. The Balaban J connectivity index is 3.46. The standard InChI is InChI=1S/C8H12N2O/c1-4-3-6(11)8(10)5(2)7(4)9/h3,11H,9-10H2,1-2H3. The topological polar surface area (TPSA) is 72.3 Å². The molecule has 0 amide bonds. The summed E-state index contributed by atoms with van der Waals surface area (Å²) in [6.45, 7) is 3.62. The van der Waals surface area contributed by atoms with Crippen LogP contribution in [-0.2, 0) is 0 Å². The van der Waals surface area contributed by atoms with E-state index < -0.39 is 0 Å². The number of aryl methyl sites for hydroxylation is 1. The van der Waals surface area contributed by atoms with Crippen LogP contribution in [0.1, 0.15) is 11.1 Å². The minimum Gasteiger partial charge on any atom is -0.506 e. The molecule has 11 heavy (non-hydrogen) atoms. The zero-order valence-corrected chi connectivity index (χ0v) is 6.68. The number of hydrogen-bond acceptors (Lipinski definition) is 3. The number of benzene rings is 1. The van der Waals surface area contributed by atoms with Crippen molar-refractivity contribution in [1.29, 1.82) is 0 Å². The lowest BCUT2D eigenvalue weighted by atomic mass is 10.1. The molecule has 0 unspecified atom stereocenters. The molecule has 0 bridgehead atoms. The molecule has 1 aromatic carbocycles. The second-order valence-corrected chi connectivity index (χ2v) is 2.66. The molecule has 0 saturated heterocycles. The van der Waals surface area contributed by atoms with Crippen molar-refractivity contribution in [2.45, 2.75) is 13.8 Å². The lowest BCUT2D eigenvalue weighted by Crippen LogP contribution is -1.98. The Hall–Kier alpha value is -1.38. The SMILES string of the molecule is Cc1cc(O)c(N)c(C)c1N. The van der Waals surface area contributed by atoms with E-state index in [9.17, 15) is 5.11 Å². The summed E-state index contributed by atoms with van der Waals surface area (Å²) in [6.07, 6.45) is 0. The first-order valence-corrected chi connectivity index (χ1v) is 3.38. The first kappa shape index (κ1) is 7.72. The van der Waals surface area contributed by atoms with Crippen LogP contribution in [0.25, 0.3) is 0 Å². The van der Waals surface area contributed by atoms with Gasteiger partial charge in [0.05, 0.1) is 5.69 Å². The van der Waals surface area contributed by atoms with Crippen LogP contribution in [0.15, 0.2) is 6.07 Å². The maximum Gasteiger partial charge on any atom is 0.139 e. The summed E-state index contributed by atoms with van der Waals surface area (Å²) in [5.74, 6) is 0.106. The second kappa shape index (κ2) is 2.34. The quantitative estimate of drug-likeness (QED) is 0.297. The van der Waals surface area contributed by atoms with Crippen LogP contribution in [0.5, 0.6) is 5.75 Å². The lowest BCUT2D eigenvalue weighted by Gasteiger charge is -2.08. The minimum atomic E-state index is 0.106. The molecule has 0 aliphatic heterocycles. The molecular formula is C8H12N2O. The summed E-state index contributed by atoms with van der Waals surface area (Å²) < 4.78 is 0. The summed E-state index contributed by atoms with van der Waals surface area (Å²) in [6, 6.07) is 1.57. The van der Waals surface area contributed by atoms with Gasteiger partial charge in [0.25, 0.3) is 0 Å². The van der Waals surface area contributed by atoms with Gasteiger partial charge in [0.2, 0.25) is 0 Å². The molecule has 1 rings (SSSR count). The van der Waals surface area contributed by atoms with Crippen molar-refractivity contribution in [3.8, 4) is 5.75 Å². The Morgan fingerprint density at radius 2 is 1.73 bits per heavy atom. The van der Waals surface area contributed by atoms with E-state index in [1.165, 1.54) is 0 Å². The van der Waals surface area contributed by atoms with Gasteiger partial charge in [-0.05, 0) is 31.0 Å². The van der Waals surface area contributed by atoms with Gasteiger partial charge in [-0.2, -0.15) is 0 Å². The van der Waals surface area contributed by atoms with Gasteiger partial charge in [0, 0.05) is 5.69 Å². The van der Waals surface area contributed by atoms with Crippen molar-refractivity contribution in [2.75, 3.05) is 11.5 Å². The Bertz CT molecular complexity index is 268. The lowest BCUT2D eigenvalue weighted by molar-refractivity contribution is 0.477. The van der Waals surface area contributed by atoms with E-state index in [1.54, 1.807) is 13.0 Å². The van der Waals surface area contributed by atoms with E-state index in [0.29, 0.717) is 11.4 Å². The maximum absolute atomic E-state index is 9.22. The average molecular weight is 152 g/mol. The molecule has 0 aromatic heterocycles. The molecule has 3 heteroatoms. The van der Waals surface area contributed by atoms with Crippen molar-refractivity contribution in [2.24, 2.45) is 0 Å². The van der Waals surface area contributed by atoms with E-state index in [-0.39, 0.29) is 5.75 Å². The maximum atomic E-state index is 9.22. The van der Waals surface area contributed by atoms with Gasteiger partial charge in [-0.25, -0.2) is 0 Å². The second-order valence-electron chi connectivity index (χ2n) is 2.66. The molecule has 0 heterocycles. The fourth-order valence-electron chi connectivity index (χ4n) is 0.994. The summed E-state index contributed by atoms with van der Waals surface area (Å²) in [7, 11) is 0. The van der Waals surface area contributed by atoms with Gasteiger partial charge in [-0.1, -0.05) is 0 Å². The third-order valence-electron chi connectivity index (χ3n) is 1.86. The van der Waals surface area contributed by atoms with E-state index in [0.717, 1.165) is 11.1 Å². The number of nitrogen functional groups attached to an aromatic ring is 2. The molecule has 0 saturated carbocycles. The van der Waals surface area contributed by atoms with Gasteiger partial charge < -0.3 is 16.6 Å². The number of aromatic hydroxyl groups is 1. The third kappa shape index (κ3) is 1.09. The van der Waals surface area contributed by atoms with E-state index in [2.05, 4.69) is 0 Å². The highest BCUT2D eigenvalue weighted by atomic mass is 16.3. The van der Waals surface area contributed by atoms with Gasteiger partial charge in [-0.3, -0.25) is 0 Å². The zero-order valence-electron chi connectivity index (χ0n) is 6.68. The van der Waals surface area contributed by atoms with Crippen LogP contribution in [0.3, 0.4) is 0 Å². The van der Waals surface area contributed by atoms with Crippen molar-refractivity contribution < 1.29 is 5.11 Å². The van der Waals surface area contributed by atoms with Crippen LogP contribution in [-0.4, -0.2) is 5.11 Å². The first-order valence-electron chi connectivity index (χ1n) is 3.38. The normalized spacial score (nSPS) is 10.0. The molecule has 3 nitrogen and oxygen atoms in total. The first-order chi connectivity index (χ1) is 5.04. The molecule has 0 aliphatic rings. The van der Waals surface area contributed by atoms with Crippen LogP contribution in [0, 0.1) is 13.8 Å². The highest BCUT2D eigenvalue weighted by molar-refractivity contribution is 5.70.